The Labute approximate surface area is 141 Å². The normalized spacial score (nSPS) is 10.2. The standard InChI is InChI=1S/C17H20ClN3O2/c1-21(11-12-23-16-7-4-5-14(18)13-16)17(22)20-10-8-15-6-2-3-9-19-15/h2-7,9,13H,8,10-12H2,1H3,(H,20,22). The van der Waals surface area contributed by atoms with Crippen LogP contribution in [-0.2, 0) is 6.42 Å². The number of pyridine rings is 1. The van der Waals surface area contributed by atoms with Crippen LogP contribution in [-0.4, -0.2) is 42.7 Å². The number of carbonyl (C=O) groups excluding carboxylic acids is 1. The first kappa shape index (κ1) is 17.1. The Bertz CT molecular complexity index is 622. The first-order chi connectivity index (χ1) is 11.1. The monoisotopic (exact) mass is 333 g/mol. The fourth-order valence-electron chi connectivity index (χ4n) is 1.94. The smallest absolute Gasteiger partial charge is 0.317 e. The van der Waals surface area contributed by atoms with Crippen LogP contribution in [0.15, 0.2) is 48.7 Å². The molecule has 0 saturated carbocycles. The van der Waals surface area contributed by atoms with Gasteiger partial charge in [-0.15, -0.1) is 0 Å². The second-order valence-corrected chi connectivity index (χ2v) is 5.47. The molecule has 0 aliphatic heterocycles. The van der Waals surface area contributed by atoms with Crippen LogP contribution in [0.4, 0.5) is 4.79 Å². The number of ether oxygens (including phenoxy) is 1. The van der Waals surface area contributed by atoms with Gasteiger partial charge in [0, 0.05) is 36.9 Å². The van der Waals surface area contributed by atoms with Crippen LogP contribution in [0.5, 0.6) is 5.75 Å². The van der Waals surface area contributed by atoms with E-state index < -0.39 is 0 Å². The van der Waals surface area contributed by atoms with E-state index in [9.17, 15) is 4.79 Å². The van der Waals surface area contributed by atoms with Gasteiger partial charge in [0.05, 0.1) is 6.54 Å². The van der Waals surface area contributed by atoms with Gasteiger partial charge in [-0.25, -0.2) is 4.79 Å². The first-order valence-electron chi connectivity index (χ1n) is 7.42. The molecule has 1 N–H and O–H groups in total. The highest BCUT2D eigenvalue weighted by Crippen LogP contribution is 2.16. The van der Waals surface area contributed by atoms with Gasteiger partial charge < -0.3 is 15.0 Å². The van der Waals surface area contributed by atoms with Gasteiger partial charge in [0.15, 0.2) is 0 Å². The Morgan fingerprint density at radius 1 is 1.30 bits per heavy atom. The second kappa shape index (κ2) is 9.00. The number of halogens is 1. The number of urea groups is 1. The number of hydrogen-bond donors (Lipinski definition) is 1. The Morgan fingerprint density at radius 3 is 2.91 bits per heavy atom. The number of amides is 2. The number of benzene rings is 1. The van der Waals surface area contributed by atoms with Gasteiger partial charge in [0.2, 0.25) is 0 Å². The summed E-state index contributed by atoms with van der Waals surface area (Å²) in [5, 5.41) is 3.49. The predicted octanol–water partition coefficient (Wildman–Crippen LogP) is 3.00. The van der Waals surface area contributed by atoms with Crippen molar-refractivity contribution in [1.29, 1.82) is 0 Å². The third-order valence-corrected chi connectivity index (χ3v) is 3.46. The van der Waals surface area contributed by atoms with Gasteiger partial charge in [-0.05, 0) is 30.3 Å². The largest absolute Gasteiger partial charge is 0.492 e. The van der Waals surface area contributed by atoms with E-state index in [-0.39, 0.29) is 6.03 Å². The minimum Gasteiger partial charge on any atom is -0.492 e. The fourth-order valence-corrected chi connectivity index (χ4v) is 2.12. The fraction of sp³-hybridized carbons (Fsp3) is 0.294. The van der Waals surface area contributed by atoms with E-state index in [1.165, 1.54) is 0 Å². The number of likely N-dealkylation sites (N-methyl/N-ethyl adjacent to an activating group) is 1. The summed E-state index contributed by atoms with van der Waals surface area (Å²) < 4.78 is 5.57. The van der Waals surface area contributed by atoms with Crippen LogP contribution in [0.2, 0.25) is 5.02 Å². The van der Waals surface area contributed by atoms with Crippen molar-refractivity contribution in [2.45, 2.75) is 6.42 Å². The molecule has 0 aliphatic carbocycles. The van der Waals surface area contributed by atoms with E-state index in [4.69, 9.17) is 16.3 Å². The molecule has 0 fully saturated rings. The number of hydrogen-bond acceptors (Lipinski definition) is 3. The van der Waals surface area contributed by atoms with Crippen LogP contribution in [0.3, 0.4) is 0 Å². The zero-order valence-electron chi connectivity index (χ0n) is 13.0. The van der Waals surface area contributed by atoms with Crippen molar-refractivity contribution < 1.29 is 9.53 Å². The number of aromatic nitrogens is 1. The molecule has 1 aromatic heterocycles. The van der Waals surface area contributed by atoms with Gasteiger partial charge in [0.25, 0.3) is 0 Å². The van der Waals surface area contributed by atoms with Crippen molar-refractivity contribution in [2.24, 2.45) is 0 Å². The molecular formula is C17H20ClN3O2. The lowest BCUT2D eigenvalue weighted by molar-refractivity contribution is 0.195. The highest BCUT2D eigenvalue weighted by atomic mass is 35.5. The molecule has 0 spiro atoms. The topological polar surface area (TPSA) is 54.5 Å². The summed E-state index contributed by atoms with van der Waals surface area (Å²) in [7, 11) is 1.73. The van der Waals surface area contributed by atoms with E-state index >= 15 is 0 Å². The van der Waals surface area contributed by atoms with Crippen molar-refractivity contribution in [3.8, 4) is 5.75 Å². The average molecular weight is 334 g/mol. The summed E-state index contributed by atoms with van der Waals surface area (Å²) in [4.78, 5) is 17.7. The highest BCUT2D eigenvalue weighted by molar-refractivity contribution is 6.30. The summed E-state index contributed by atoms with van der Waals surface area (Å²) in [5.41, 5.74) is 0.958. The zero-order chi connectivity index (χ0) is 16.5. The first-order valence-corrected chi connectivity index (χ1v) is 7.80. The van der Waals surface area contributed by atoms with Gasteiger partial charge in [-0.1, -0.05) is 23.7 Å². The Balaban J connectivity index is 1.64. The molecule has 2 aromatic rings. The predicted molar refractivity (Wildman–Crippen MR) is 90.9 cm³/mol. The number of carbonyl (C=O) groups is 1. The Morgan fingerprint density at radius 2 is 2.17 bits per heavy atom. The summed E-state index contributed by atoms with van der Waals surface area (Å²) in [6, 6.07) is 12.8. The number of nitrogens with zero attached hydrogens (tertiary/aromatic N) is 2. The molecule has 1 heterocycles. The van der Waals surface area contributed by atoms with Crippen molar-refractivity contribution in [1.82, 2.24) is 15.2 Å². The van der Waals surface area contributed by atoms with Crippen LogP contribution >= 0.6 is 11.6 Å². The molecule has 0 aliphatic rings. The maximum absolute atomic E-state index is 11.9. The molecule has 1 aromatic carbocycles. The van der Waals surface area contributed by atoms with E-state index in [0.717, 1.165) is 5.69 Å². The van der Waals surface area contributed by atoms with Crippen LogP contribution in [0, 0.1) is 0 Å². The van der Waals surface area contributed by atoms with Gasteiger partial charge in [-0.2, -0.15) is 0 Å². The highest BCUT2D eigenvalue weighted by Gasteiger charge is 2.07. The van der Waals surface area contributed by atoms with Crippen LogP contribution < -0.4 is 10.1 Å². The van der Waals surface area contributed by atoms with Crippen molar-refractivity contribution in [3.05, 3.63) is 59.4 Å². The second-order valence-electron chi connectivity index (χ2n) is 5.03. The zero-order valence-corrected chi connectivity index (χ0v) is 13.8. The average Bonchev–Trinajstić information content (AvgIpc) is 2.55. The molecule has 0 radical (unpaired) electrons. The Hall–Kier alpha value is -2.27. The number of nitrogens with one attached hydrogen (secondary N) is 1. The molecule has 5 nitrogen and oxygen atoms in total. The summed E-state index contributed by atoms with van der Waals surface area (Å²) in [6.07, 6.45) is 2.45. The molecule has 6 heteroatoms. The van der Waals surface area contributed by atoms with E-state index in [1.54, 1.807) is 30.3 Å². The summed E-state index contributed by atoms with van der Waals surface area (Å²) >= 11 is 5.88. The van der Waals surface area contributed by atoms with Crippen LogP contribution in [0.1, 0.15) is 5.69 Å². The lowest BCUT2D eigenvalue weighted by Crippen LogP contribution is -2.40. The summed E-state index contributed by atoms with van der Waals surface area (Å²) in [6.45, 7) is 1.45. The maximum atomic E-state index is 11.9. The molecule has 122 valence electrons. The lowest BCUT2D eigenvalue weighted by Gasteiger charge is -2.18. The van der Waals surface area contributed by atoms with Crippen LogP contribution in [0.25, 0.3) is 0 Å². The SMILES string of the molecule is CN(CCOc1cccc(Cl)c1)C(=O)NCCc1ccccn1. The minimum atomic E-state index is -0.129. The lowest BCUT2D eigenvalue weighted by atomic mass is 10.3. The number of rotatable bonds is 7. The molecule has 0 atom stereocenters. The molecule has 2 rings (SSSR count). The minimum absolute atomic E-state index is 0.129. The third kappa shape index (κ3) is 6.16. The van der Waals surface area contributed by atoms with Crippen molar-refractivity contribution in [2.75, 3.05) is 26.7 Å². The van der Waals surface area contributed by atoms with Crippen molar-refractivity contribution in [3.63, 3.8) is 0 Å². The Kier molecular flexibility index (Phi) is 6.69. The van der Waals surface area contributed by atoms with E-state index in [0.29, 0.717) is 36.9 Å². The van der Waals surface area contributed by atoms with Gasteiger partial charge in [0.1, 0.15) is 12.4 Å². The molecule has 23 heavy (non-hydrogen) atoms. The van der Waals surface area contributed by atoms with Crippen molar-refractivity contribution >= 4 is 17.6 Å². The van der Waals surface area contributed by atoms with Gasteiger partial charge >= 0.3 is 6.03 Å². The maximum Gasteiger partial charge on any atom is 0.317 e. The third-order valence-electron chi connectivity index (χ3n) is 3.22. The molecule has 0 bridgehead atoms. The van der Waals surface area contributed by atoms with E-state index in [1.807, 2.05) is 30.3 Å². The van der Waals surface area contributed by atoms with E-state index in [2.05, 4.69) is 10.3 Å². The van der Waals surface area contributed by atoms with Gasteiger partial charge in [-0.3, -0.25) is 4.98 Å². The summed E-state index contributed by atoms with van der Waals surface area (Å²) in [5.74, 6) is 0.696. The molecular weight excluding hydrogens is 314 g/mol. The quantitative estimate of drug-likeness (QED) is 0.847. The molecule has 0 saturated heterocycles. The molecule has 0 unspecified atom stereocenters. The molecule has 2 amide bonds.